The zero-order valence-electron chi connectivity index (χ0n) is 7.30. The van der Waals surface area contributed by atoms with Crippen LogP contribution in [0.4, 0.5) is 4.39 Å². The number of halogens is 1. The Hall–Kier alpha value is -1.42. The second-order valence-corrected chi connectivity index (χ2v) is 2.56. The molecule has 0 saturated heterocycles. The van der Waals surface area contributed by atoms with Crippen molar-refractivity contribution in [1.29, 1.82) is 0 Å². The molecule has 70 valence electrons. The van der Waals surface area contributed by atoms with Gasteiger partial charge >= 0.3 is 0 Å². The number of carbonyl (C=O) groups excluding carboxylic acids is 1. The minimum absolute atomic E-state index is 0.0347. The van der Waals surface area contributed by atoms with Crippen LogP contribution in [0.1, 0.15) is 15.9 Å². The molecule has 0 heterocycles. The summed E-state index contributed by atoms with van der Waals surface area (Å²) in [7, 11) is 1.45. The van der Waals surface area contributed by atoms with Crippen LogP contribution in [0.25, 0.3) is 0 Å². The lowest BCUT2D eigenvalue weighted by atomic mass is 10.1. The molecule has 1 aromatic carbocycles. The van der Waals surface area contributed by atoms with Crippen molar-refractivity contribution < 1.29 is 9.18 Å². The summed E-state index contributed by atoms with van der Waals surface area (Å²) in [4.78, 5) is 11.2. The minimum atomic E-state index is -0.540. The first-order valence-electron chi connectivity index (χ1n) is 3.90. The first-order valence-corrected chi connectivity index (χ1v) is 3.90. The van der Waals surface area contributed by atoms with Crippen molar-refractivity contribution in [1.82, 2.24) is 5.32 Å². The second kappa shape index (κ2) is 4.00. The molecule has 0 saturated carbocycles. The molecule has 0 aliphatic heterocycles. The molecule has 0 bridgehead atoms. The molecule has 1 amide bonds. The Kier molecular flexibility index (Phi) is 2.97. The van der Waals surface area contributed by atoms with Crippen LogP contribution in [-0.4, -0.2) is 13.0 Å². The fourth-order valence-electron chi connectivity index (χ4n) is 1.12. The first-order chi connectivity index (χ1) is 6.20. The molecule has 4 heteroatoms. The maximum absolute atomic E-state index is 13.2. The number of nitrogens with one attached hydrogen (secondary N) is 1. The Bertz CT molecular complexity index is 325. The fourth-order valence-corrected chi connectivity index (χ4v) is 1.12. The molecule has 0 radical (unpaired) electrons. The Morgan fingerprint density at radius 1 is 1.62 bits per heavy atom. The quantitative estimate of drug-likeness (QED) is 0.705. The molecule has 0 aromatic heterocycles. The number of amides is 1. The van der Waals surface area contributed by atoms with E-state index in [-0.39, 0.29) is 12.1 Å². The third kappa shape index (κ3) is 1.84. The van der Waals surface area contributed by atoms with Crippen LogP contribution in [0.15, 0.2) is 18.2 Å². The van der Waals surface area contributed by atoms with E-state index in [1.807, 2.05) is 0 Å². The lowest BCUT2D eigenvalue weighted by Gasteiger charge is -2.06. The van der Waals surface area contributed by atoms with E-state index in [0.29, 0.717) is 5.56 Å². The van der Waals surface area contributed by atoms with Crippen LogP contribution >= 0.6 is 0 Å². The summed E-state index contributed by atoms with van der Waals surface area (Å²) in [5.41, 5.74) is 5.91. The highest BCUT2D eigenvalue weighted by atomic mass is 19.1. The maximum atomic E-state index is 13.2. The molecule has 1 rings (SSSR count). The second-order valence-electron chi connectivity index (χ2n) is 2.56. The number of hydrogen-bond donors (Lipinski definition) is 2. The zero-order chi connectivity index (χ0) is 9.84. The normalized spacial score (nSPS) is 9.77. The van der Waals surface area contributed by atoms with E-state index in [9.17, 15) is 9.18 Å². The van der Waals surface area contributed by atoms with Gasteiger partial charge in [-0.3, -0.25) is 4.79 Å². The van der Waals surface area contributed by atoms with E-state index in [1.165, 1.54) is 19.2 Å². The fraction of sp³-hybridized carbons (Fsp3) is 0.222. The van der Waals surface area contributed by atoms with Gasteiger partial charge in [-0.2, -0.15) is 0 Å². The number of carbonyl (C=O) groups is 1. The summed E-state index contributed by atoms with van der Waals surface area (Å²) in [6, 6.07) is 4.40. The molecule has 0 aliphatic rings. The molecule has 0 atom stereocenters. The highest BCUT2D eigenvalue weighted by molar-refractivity contribution is 5.95. The summed E-state index contributed by atoms with van der Waals surface area (Å²) >= 11 is 0. The summed E-state index contributed by atoms with van der Waals surface area (Å²) in [5.74, 6) is -0.985. The van der Waals surface area contributed by atoms with Crippen molar-refractivity contribution in [3.63, 3.8) is 0 Å². The predicted molar refractivity (Wildman–Crippen MR) is 47.7 cm³/mol. The first kappa shape index (κ1) is 9.67. The molecule has 0 spiro atoms. The van der Waals surface area contributed by atoms with Gasteiger partial charge in [-0.1, -0.05) is 12.1 Å². The largest absolute Gasteiger partial charge is 0.355 e. The van der Waals surface area contributed by atoms with Crippen molar-refractivity contribution in [2.45, 2.75) is 6.54 Å². The molecule has 0 fully saturated rings. The molecule has 13 heavy (non-hydrogen) atoms. The van der Waals surface area contributed by atoms with Gasteiger partial charge in [0.05, 0.1) is 5.56 Å². The highest BCUT2D eigenvalue weighted by Gasteiger charge is 2.13. The number of benzene rings is 1. The summed E-state index contributed by atoms with van der Waals surface area (Å²) in [6.07, 6.45) is 0. The Morgan fingerprint density at radius 3 is 2.85 bits per heavy atom. The van der Waals surface area contributed by atoms with Crippen molar-refractivity contribution in [3.05, 3.63) is 35.1 Å². The van der Waals surface area contributed by atoms with Gasteiger partial charge in [-0.05, 0) is 11.6 Å². The molecule has 3 nitrogen and oxygen atoms in total. The van der Waals surface area contributed by atoms with E-state index in [0.717, 1.165) is 0 Å². The standard InChI is InChI=1S/C9H11FN2O/c1-12-9(13)8-6(5-11)3-2-4-7(8)10/h2-4H,5,11H2,1H3,(H,12,13). The van der Waals surface area contributed by atoms with Crippen molar-refractivity contribution >= 4 is 5.91 Å². The molecular weight excluding hydrogens is 171 g/mol. The third-order valence-corrected chi connectivity index (χ3v) is 1.77. The van der Waals surface area contributed by atoms with Gasteiger partial charge in [0.2, 0.25) is 0 Å². The van der Waals surface area contributed by atoms with Crippen LogP contribution in [0.3, 0.4) is 0 Å². The van der Waals surface area contributed by atoms with E-state index in [2.05, 4.69) is 5.32 Å². The smallest absolute Gasteiger partial charge is 0.254 e. The van der Waals surface area contributed by atoms with Crippen molar-refractivity contribution in [2.24, 2.45) is 5.73 Å². The van der Waals surface area contributed by atoms with E-state index in [1.54, 1.807) is 6.07 Å². The maximum Gasteiger partial charge on any atom is 0.254 e. The Morgan fingerprint density at radius 2 is 2.31 bits per heavy atom. The minimum Gasteiger partial charge on any atom is -0.355 e. The average Bonchev–Trinajstić information content (AvgIpc) is 2.16. The van der Waals surface area contributed by atoms with Gasteiger partial charge in [-0.25, -0.2) is 4.39 Å². The van der Waals surface area contributed by atoms with Crippen molar-refractivity contribution in [2.75, 3.05) is 7.05 Å². The molecule has 0 aliphatic carbocycles. The third-order valence-electron chi connectivity index (χ3n) is 1.77. The molecule has 0 unspecified atom stereocenters. The molecule has 3 N–H and O–H groups in total. The molecule has 1 aromatic rings. The van der Waals surface area contributed by atoms with Gasteiger partial charge in [0.1, 0.15) is 5.82 Å². The number of nitrogens with two attached hydrogens (primary N) is 1. The van der Waals surface area contributed by atoms with Crippen LogP contribution in [0, 0.1) is 5.82 Å². The predicted octanol–water partition coefficient (Wildman–Crippen LogP) is 0.644. The summed E-state index contributed by atoms with van der Waals surface area (Å²) in [6.45, 7) is 0.153. The van der Waals surface area contributed by atoms with Crippen LogP contribution in [0.2, 0.25) is 0 Å². The van der Waals surface area contributed by atoms with Crippen molar-refractivity contribution in [3.8, 4) is 0 Å². The van der Waals surface area contributed by atoms with Gasteiger partial charge in [0.15, 0.2) is 0 Å². The monoisotopic (exact) mass is 182 g/mol. The van der Waals surface area contributed by atoms with Gasteiger partial charge < -0.3 is 11.1 Å². The van der Waals surface area contributed by atoms with Crippen LogP contribution in [0.5, 0.6) is 0 Å². The lowest BCUT2D eigenvalue weighted by Crippen LogP contribution is -2.22. The highest BCUT2D eigenvalue weighted by Crippen LogP contribution is 2.12. The number of rotatable bonds is 2. The topological polar surface area (TPSA) is 55.1 Å². The number of hydrogen-bond acceptors (Lipinski definition) is 2. The molecular formula is C9H11FN2O. The Balaban J connectivity index is 3.22. The summed E-state index contributed by atoms with van der Waals surface area (Å²) in [5, 5.41) is 2.36. The Labute approximate surface area is 75.7 Å². The van der Waals surface area contributed by atoms with E-state index >= 15 is 0 Å². The van der Waals surface area contributed by atoms with E-state index in [4.69, 9.17) is 5.73 Å². The van der Waals surface area contributed by atoms with Gasteiger partial charge in [-0.15, -0.1) is 0 Å². The van der Waals surface area contributed by atoms with Crippen LogP contribution < -0.4 is 11.1 Å². The lowest BCUT2D eigenvalue weighted by molar-refractivity contribution is 0.0958. The summed E-state index contributed by atoms with van der Waals surface area (Å²) < 4.78 is 13.2. The van der Waals surface area contributed by atoms with E-state index < -0.39 is 11.7 Å². The SMILES string of the molecule is CNC(=O)c1c(F)cccc1CN. The average molecular weight is 182 g/mol. The zero-order valence-corrected chi connectivity index (χ0v) is 7.30. The van der Waals surface area contributed by atoms with Gasteiger partial charge in [0, 0.05) is 13.6 Å². The van der Waals surface area contributed by atoms with Crippen LogP contribution in [-0.2, 0) is 6.54 Å². The van der Waals surface area contributed by atoms with Gasteiger partial charge in [0.25, 0.3) is 5.91 Å².